The molecule has 1 fully saturated rings. The predicted octanol–water partition coefficient (Wildman–Crippen LogP) is 3.94. The van der Waals surface area contributed by atoms with E-state index in [0.717, 1.165) is 37.1 Å². The highest BCUT2D eigenvalue weighted by atomic mass is 32.2. The van der Waals surface area contributed by atoms with E-state index in [4.69, 9.17) is 0 Å². The van der Waals surface area contributed by atoms with E-state index in [-0.39, 0.29) is 5.92 Å². The van der Waals surface area contributed by atoms with E-state index in [2.05, 4.69) is 9.29 Å². The summed E-state index contributed by atoms with van der Waals surface area (Å²) in [6.45, 7) is 1.88. The lowest BCUT2D eigenvalue weighted by Crippen LogP contribution is -2.42. The van der Waals surface area contributed by atoms with Gasteiger partial charge in [0.15, 0.2) is 0 Å². The summed E-state index contributed by atoms with van der Waals surface area (Å²) in [6.07, 6.45) is 7.47. The molecular weight excluding hydrogens is 342 g/mol. The van der Waals surface area contributed by atoms with Crippen molar-refractivity contribution in [1.29, 1.82) is 0 Å². The Bertz CT molecular complexity index is 760. The van der Waals surface area contributed by atoms with Crippen LogP contribution < -0.4 is 0 Å². The molecule has 1 aliphatic rings. The molecule has 1 saturated heterocycles. The molecule has 1 aliphatic heterocycles. The average Bonchev–Trinajstić information content (AvgIpc) is 3.22. The Morgan fingerprint density at radius 2 is 1.50 bits per heavy atom. The lowest BCUT2D eigenvalue weighted by atomic mass is 9.72. The zero-order chi connectivity index (χ0) is 17.8. The van der Waals surface area contributed by atoms with E-state index >= 15 is 0 Å². The third-order valence-electron chi connectivity index (χ3n) is 5.16. The molecule has 134 valence electrons. The molecule has 5 heteroatoms. The highest BCUT2D eigenvalue weighted by molar-refractivity contribution is 7.95. The molecule has 1 N–H and O–H groups in total. The summed E-state index contributed by atoms with van der Waals surface area (Å²) in [5.74, 6) is 0.187. The first-order valence-electron chi connectivity index (χ1n) is 9.01. The van der Waals surface area contributed by atoms with Crippen molar-refractivity contribution >= 4 is 12.1 Å². The van der Waals surface area contributed by atoms with Gasteiger partial charge >= 0.3 is 0 Å². The van der Waals surface area contributed by atoms with Gasteiger partial charge < -0.3 is 5.11 Å². The monoisotopic (exact) mass is 365 g/mol. The number of aromatic nitrogens is 2. The number of benzene rings is 2. The molecule has 2 aromatic carbocycles. The summed E-state index contributed by atoms with van der Waals surface area (Å²) >= 11 is 1.68. The van der Waals surface area contributed by atoms with Gasteiger partial charge in [0, 0.05) is 37.6 Å². The molecule has 2 heterocycles. The molecule has 1 aromatic heterocycles. The maximum atomic E-state index is 11.9. The first-order chi connectivity index (χ1) is 12.8. The second-order valence-electron chi connectivity index (χ2n) is 6.71. The van der Waals surface area contributed by atoms with Crippen LogP contribution in [0.1, 0.15) is 24.0 Å². The number of nitrogens with zero attached hydrogens (tertiary/aromatic N) is 3. The quantitative estimate of drug-likeness (QED) is 0.695. The Hall–Kier alpha value is -2.08. The number of rotatable bonds is 5. The van der Waals surface area contributed by atoms with E-state index < -0.39 is 5.60 Å². The molecule has 0 bridgehead atoms. The predicted molar refractivity (Wildman–Crippen MR) is 105 cm³/mol. The van der Waals surface area contributed by atoms with Crippen LogP contribution in [0.3, 0.4) is 0 Å². The number of imidazole rings is 1. The van der Waals surface area contributed by atoms with E-state index in [1.54, 1.807) is 18.3 Å². The smallest absolute Gasteiger partial charge is 0.117 e. The maximum absolute atomic E-state index is 11.9. The molecule has 3 aromatic rings. The second kappa shape index (κ2) is 7.66. The van der Waals surface area contributed by atoms with Gasteiger partial charge in [0.05, 0.1) is 0 Å². The molecular formula is C21H23N3OS. The second-order valence-corrected chi connectivity index (χ2v) is 7.81. The van der Waals surface area contributed by atoms with Crippen molar-refractivity contribution in [3.8, 4) is 0 Å². The summed E-state index contributed by atoms with van der Waals surface area (Å²) < 4.78 is 4.36. The molecule has 0 atom stereocenters. The average molecular weight is 366 g/mol. The Kier molecular flexibility index (Phi) is 5.11. The number of hydrogen-bond acceptors (Lipinski definition) is 4. The van der Waals surface area contributed by atoms with Gasteiger partial charge in [0.2, 0.25) is 0 Å². The number of piperidine rings is 1. The standard InChI is InChI=1S/C21H23N3OS/c25-21(18-7-3-1-4-8-18,19-9-5-2-6-10-19)20-11-14-23(15-12-20)26-24-16-13-22-17-24/h1-10,13,16-17,20,25H,11-12,14-15H2. The third kappa shape index (κ3) is 3.43. The minimum absolute atomic E-state index is 0.187. The van der Waals surface area contributed by atoms with Crippen molar-refractivity contribution in [1.82, 2.24) is 13.3 Å². The van der Waals surface area contributed by atoms with Crippen LogP contribution in [0.25, 0.3) is 0 Å². The molecule has 26 heavy (non-hydrogen) atoms. The van der Waals surface area contributed by atoms with Crippen LogP contribution in [-0.2, 0) is 5.60 Å². The van der Waals surface area contributed by atoms with Crippen molar-refractivity contribution < 1.29 is 5.11 Å². The van der Waals surface area contributed by atoms with Crippen LogP contribution >= 0.6 is 12.1 Å². The summed E-state index contributed by atoms with van der Waals surface area (Å²) in [7, 11) is 0. The van der Waals surface area contributed by atoms with Crippen molar-refractivity contribution in [3.63, 3.8) is 0 Å². The fourth-order valence-electron chi connectivity index (χ4n) is 3.81. The summed E-state index contributed by atoms with van der Waals surface area (Å²) in [6, 6.07) is 20.2. The molecule has 0 amide bonds. The van der Waals surface area contributed by atoms with Crippen molar-refractivity contribution in [2.45, 2.75) is 18.4 Å². The normalized spacial score (nSPS) is 16.7. The van der Waals surface area contributed by atoms with E-state index in [1.807, 2.05) is 77.2 Å². The summed E-state index contributed by atoms with van der Waals surface area (Å²) in [5, 5.41) is 11.9. The maximum Gasteiger partial charge on any atom is 0.117 e. The fraction of sp³-hybridized carbons (Fsp3) is 0.286. The van der Waals surface area contributed by atoms with Crippen LogP contribution in [0, 0.1) is 5.92 Å². The van der Waals surface area contributed by atoms with Crippen LogP contribution in [0.15, 0.2) is 79.4 Å². The van der Waals surface area contributed by atoms with Gasteiger partial charge in [-0.1, -0.05) is 60.7 Å². The van der Waals surface area contributed by atoms with Gasteiger partial charge in [-0.05, 0) is 29.9 Å². The Morgan fingerprint density at radius 3 is 2.00 bits per heavy atom. The Balaban J connectivity index is 1.56. The van der Waals surface area contributed by atoms with Gasteiger partial charge in [0.1, 0.15) is 11.9 Å². The lowest BCUT2D eigenvalue weighted by molar-refractivity contribution is -0.00447. The van der Waals surface area contributed by atoms with Crippen molar-refractivity contribution in [2.75, 3.05) is 13.1 Å². The van der Waals surface area contributed by atoms with Gasteiger partial charge in [-0.3, -0.25) is 3.97 Å². The Morgan fingerprint density at radius 1 is 0.923 bits per heavy atom. The van der Waals surface area contributed by atoms with E-state index in [0.29, 0.717) is 0 Å². The summed E-state index contributed by atoms with van der Waals surface area (Å²) in [5.41, 5.74) is 1.01. The van der Waals surface area contributed by atoms with Crippen LogP contribution in [-0.4, -0.2) is 31.5 Å². The van der Waals surface area contributed by atoms with Crippen LogP contribution in [0.5, 0.6) is 0 Å². The first kappa shape index (κ1) is 17.3. The SMILES string of the molecule is OC(c1ccccc1)(c1ccccc1)C1CCN(Sn2ccnc2)CC1. The van der Waals surface area contributed by atoms with E-state index in [1.165, 1.54) is 0 Å². The van der Waals surface area contributed by atoms with Crippen LogP contribution in [0.4, 0.5) is 0 Å². The highest BCUT2D eigenvalue weighted by Gasteiger charge is 2.41. The molecule has 4 nitrogen and oxygen atoms in total. The molecule has 0 unspecified atom stereocenters. The third-order valence-corrected chi connectivity index (χ3v) is 6.16. The topological polar surface area (TPSA) is 41.3 Å². The molecule has 0 saturated carbocycles. The lowest BCUT2D eigenvalue weighted by Gasteiger charge is -2.41. The van der Waals surface area contributed by atoms with Crippen molar-refractivity contribution in [2.24, 2.45) is 5.92 Å². The molecule has 0 aliphatic carbocycles. The van der Waals surface area contributed by atoms with Crippen molar-refractivity contribution in [3.05, 3.63) is 90.5 Å². The fourth-order valence-corrected chi connectivity index (χ4v) is 4.65. The molecule has 0 radical (unpaired) electrons. The zero-order valence-electron chi connectivity index (χ0n) is 14.6. The largest absolute Gasteiger partial charge is 0.380 e. The van der Waals surface area contributed by atoms with Gasteiger partial charge in [0.25, 0.3) is 0 Å². The minimum atomic E-state index is -0.950. The first-order valence-corrected chi connectivity index (χ1v) is 9.74. The van der Waals surface area contributed by atoms with Gasteiger partial charge in [-0.2, -0.15) is 0 Å². The number of hydrogen-bond donors (Lipinski definition) is 1. The number of aliphatic hydroxyl groups is 1. The minimum Gasteiger partial charge on any atom is -0.380 e. The van der Waals surface area contributed by atoms with Gasteiger partial charge in [-0.25, -0.2) is 9.29 Å². The summed E-state index contributed by atoms with van der Waals surface area (Å²) in [4.78, 5) is 4.10. The molecule has 4 rings (SSSR count). The molecule has 0 spiro atoms. The highest BCUT2D eigenvalue weighted by Crippen LogP contribution is 2.42. The van der Waals surface area contributed by atoms with E-state index in [9.17, 15) is 5.11 Å². The van der Waals surface area contributed by atoms with Crippen LogP contribution in [0.2, 0.25) is 0 Å². The Labute approximate surface area is 158 Å². The van der Waals surface area contributed by atoms with Gasteiger partial charge in [-0.15, -0.1) is 0 Å². The zero-order valence-corrected chi connectivity index (χ0v) is 15.4.